The number of rotatable bonds is 0. The van der Waals surface area contributed by atoms with Gasteiger partial charge in [0, 0.05) is 5.56 Å². The van der Waals surface area contributed by atoms with Gasteiger partial charge in [-0.15, -0.1) is 0 Å². The molecule has 0 saturated heterocycles. The molecule has 3 heteroatoms. The van der Waals surface area contributed by atoms with Crippen LogP contribution in [0.4, 0.5) is 0 Å². The van der Waals surface area contributed by atoms with Crippen LogP contribution >= 0.6 is 15.9 Å². The number of hydrogen-bond donors (Lipinski definition) is 2. The smallest absolute Gasteiger partial charge is 0.158 e. The first-order valence-corrected chi connectivity index (χ1v) is 4.43. The van der Waals surface area contributed by atoms with E-state index in [0.717, 1.165) is 0 Å². The van der Waals surface area contributed by atoms with E-state index in [1.54, 1.807) is 6.07 Å². The fourth-order valence-electron chi connectivity index (χ4n) is 0.737. The van der Waals surface area contributed by atoms with Crippen molar-refractivity contribution in [3.63, 3.8) is 0 Å². The van der Waals surface area contributed by atoms with Gasteiger partial charge in [0.1, 0.15) is 0 Å². The standard InChI is InChI=1S/C9H7BrO2/c10-5-1-2-7-3-4-8(11)9(12)6-7/h3-4,6,11-12H,5H2. The Labute approximate surface area is 79.0 Å². The van der Waals surface area contributed by atoms with E-state index >= 15 is 0 Å². The summed E-state index contributed by atoms with van der Waals surface area (Å²) in [6.45, 7) is 0. The van der Waals surface area contributed by atoms with E-state index in [2.05, 4.69) is 27.8 Å². The minimum absolute atomic E-state index is 0.126. The third-order valence-corrected chi connectivity index (χ3v) is 1.56. The fraction of sp³-hybridized carbons (Fsp3) is 0.111. The van der Waals surface area contributed by atoms with Crippen LogP contribution < -0.4 is 0 Å². The van der Waals surface area contributed by atoms with Crippen molar-refractivity contribution in [2.24, 2.45) is 0 Å². The number of alkyl halides is 1. The normalized spacial score (nSPS) is 8.75. The molecule has 0 aliphatic carbocycles. The van der Waals surface area contributed by atoms with Gasteiger partial charge in [-0.2, -0.15) is 0 Å². The molecule has 0 aliphatic rings. The van der Waals surface area contributed by atoms with Gasteiger partial charge in [0.15, 0.2) is 11.5 Å². The first-order chi connectivity index (χ1) is 5.74. The SMILES string of the molecule is Oc1ccc(C#CCBr)cc1O. The van der Waals surface area contributed by atoms with Crippen molar-refractivity contribution in [3.8, 4) is 23.3 Å². The highest BCUT2D eigenvalue weighted by Crippen LogP contribution is 2.24. The summed E-state index contributed by atoms with van der Waals surface area (Å²) in [5.74, 6) is 5.31. The van der Waals surface area contributed by atoms with Crippen LogP contribution in [0.15, 0.2) is 18.2 Å². The van der Waals surface area contributed by atoms with Crippen LogP contribution in [0, 0.1) is 11.8 Å². The van der Waals surface area contributed by atoms with E-state index < -0.39 is 0 Å². The van der Waals surface area contributed by atoms with Crippen molar-refractivity contribution in [2.75, 3.05) is 5.33 Å². The van der Waals surface area contributed by atoms with Crippen LogP contribution in [0.5, 0.6) is 11.5 Å². The number of benzene rings is 1. The van der Waals surface area contributed by atoms with Crippen molar-refractivity contribution < 1.29 is 10.2 Å². The van der Waals surface area contributed by atoms with E-state index in [9.17, 15) is 0 Å². The van der Waals surface area contributed by atoms with Gasteiger partial charge in [-0.3, -0.25) is 0 Å². The molecule has 0 unspecified atom stereocenters. The lowest BCUT2D eigenvalue weighted by Crippen LogP contribution is -1.74. The van der Waals surface area contributed by atoms with E-state index in [4.69, 9.17) is 10.2 Å². The Morgan fingerprint density at radius 3 is 2.58 bits per heavy atom. The number of phenols is 2. The average molecular weight is 227 g/mol. The fourth-order valence-corrected chi connectivity index (χ4v) is 0.877. The zero-order valence-corrected chi connectivity index (χ0v) is 7.80. The number of halogens is 1. The van der Waals surface area contributed by atoms with Crippen molar-refractivity contribution in [1.82, 2.24) is 0 Å². The molecule has 0 atom stereocenters. The maximum absolute atomic E-state index is 9.07. The van der Waals surface area contributed by atoms with Gasteiger partial charge >= 0.3 is 0 Å². The molecule has 0 radical (unpaired) electrons. The van der Waals surface area contributed by atoms with E-state index in [0.29, 0.717) is 10.9 Å². The maximum atomic E-state index is 9.07. The van der Waals surface area contributed by atoms with E-state index in [1.165, 1.54) is 12.1 Å². The van der Waals surface area contributed by atoms with Gasteiger partial charge in [0.05, 0.1) is 5.33 Å². The lowest BCUT2D eigenvalue weighted by atomic mass is 10.2. The Morgan fingerprint density at radius 2 is 2.00 bits per heavy atom. The highest BCUT2D eigenvalue weighted by atomic mass is 79.9. The van der Waals surface area contributed by atoms with Gasteiger partial charge in [-0.05, 0) is 18.2 Å². The molecule has 0 spiro atoms. The van der Waals surface area contributed by atoms with Crippen LogP contribution in [0.3, 0.4) is 0 Å². The summed E-state index contributed by atoms with van der Waals surface area (Å²) in [6, 6.07) is 4.48. The summed E-state index contributed by atoms with van der Waals surface area (Å²) in [5, 5.41) is 18.6. The number of aromatic hydroxyl groups is 2. The van der Waals surface area contributed by atoms with Crippen molar-refractivity contribution >= 4 is 15.9 Å². The largest absolute Gasteiger partial charge is 0.504 e. The quantitative estimate of drug-likeness (QED) is 0.403. The van der Waals surface area contributed by atoms with Gasteiger partial charge < -0.3 is 10.2 Å². The van der Waals surface area contributed by atoms with Crippen LogP contribution in [-0.4, -0.2) is 15.5 Å². The Balaban J connectivity index is 2.97. The molecule has 0 saturated carbocycles. The first-order valence-electron chi connectivity index (χ1n) is 3.31. The molecule has 0 aliphatic heterocycles. The zero-order valence-electron chi connectivity index (χ0n) is 6.21. The van der Waals surface area contributed by atoms with Crippen molar-refractivity contribution in [1.29, 1.82) is 0 Å². The minimum Gasteiger partial charge on any atom is -0.504 e. The topological polar surface area (TPSA) is 40.5 Å². The molecule has 0 fully saturated rings. The molecule has 2 N–H and O–H groups in total. The Kier molecular flexibility index (Phi) is 3.01. The second-order valence-corrected chi connectivity index (χ2v) is 2.70. The minimum atomic E-state index is -0.142. The molecule has 0 heterocycles. The van der Waals surface area contributed by atoms with Crippen molar-refractivity contribution in [2.45, 2.75) is 0 Å². The van der Waals surface area contributed by atoms with Gasteiger partial charge in [0.2, 0.25) is 0 Å². The van der Waals surface area contributed by atoms with E-state index in [1.807, 2.05) is 0 Å². The molecule has 0 bridgehead atoms. The summed E-state index contributed by atoms with van der Waals surface area (Å²) in [6.07, 6.45) is 0. The molecule has 12 heavy (non-hydrogen) atoms. The molecule has 0 amide bonds. The molecule has 1 aromatic rings. The first kappa shape index (κ1) is 8.95. The molecule has 62 valence electrons. The van der Waals surface area contributed by atoms with E-state index in [-0.39, 0.29) is 11.5 Å². The van der Waals surface area contributed by atoms with Crippen LogP contribution in [0.1, 0.15) is 5.56 Å². The molecule has 0 aromatic heterocycles. The lowest BCUT2D eigenvalue weighted by Gasteiger charge is -1.95. The molecule has 1 rings (SSSR count). The molecule has 2 nitrogen and oxygen atoms in total. The Morgan fingerprint density at radius 1 is 1.25 bits per heavy atom. The predicted octanol–water partition coefficient (Wildman–Crippen LogP) is 1.84. The summed E-state index contributed by atoms with van der Waals surface area (Å²) < 4.78 is 0. The molecular formula is C9H7BrO2. The number of phenolic OH excluding ortho intramolecular Hbond substituents is 2. The third-order valence-electron chi connectivity index (χ3n) is 1.27. The highest BCUT2D eigenvalue weighted by molar-refractivity contribution is 9.09. The Bertz CT molecular complexity index is 336. The highest BCUT2D eigenvalue weighted by Gasteiger charge is 1.96. The average Bonchev–Trinajstić information content (AvgIpc) is 2.07. The molecule has 1 aromatic carbocycles. The predicted molar refractivity (Wildman–Crippen MR) is 50.4 cm³/mol. The second-order valence-electron chi connectivity index (χ2n) is 2.14. The summed E-state index contributed by atoms with van der Waals surface area (Å²) in [5.41, 5.74) is 0.685. The van der Waals surface area contributed by atoms with Crippen molar-refractivity contribution in [3.05, 3.63) is 23.8 Å². The Hall–Kier alpha value is -1.14. The number of hydrogen-bond acceptors (Lipinski definition) is 2. The summed E-state index contributed by atoms with van der Waals surface area (Å²) >= 11 is 3.15. The monoisotopic (exact) mass is 226 g/mol. The van der Waals surface area contributed by atoms with Gasteiger partial charge in [-0.25, -0.2) is 0 Å². The summed E-state index contributed by atoms with van der Waals surface area (Å²) in [4.78, 5) is 0. The lowest BCUT2D eigenvalue weighted by molar-refractivity contribution is 0.403. The van der Waals surface area contributed by atoms with Gasteiger partial charge in [-0.1, -0.05) is 27.8 Å². The van der Waals surface area contributed by atoms with Crippen LogP contribution in [0.2, 0.25) is 0 Å². The maximum Gasteiger partial charge on any atom is 0.158 e. The molecular weight excluding hydrogens is 220 g/mol. The summed E-state index contributed by atoms with van der Waals surface area (Å²) in [7, 11) is 0. The van der Waals surface area contributed by atoms with Crippen LogP contribution in [-0.2, 0) is 0 Å². The third kappa shape index (κ3) is 2.18. The zero-order chi connectivity index (χ0) is 8.97. The second kappa shape index (κ2) is 4.03. The van der Waals surface area contributed by atoms with Crippen LogP contribution in [0.25, 0.3) is 0 Å². The van der Waals surface area contributed by atoms with Gasteiger partial charge in [0.25, 0.3) is 0 Å².